The molecular formula is C50H30O. The van der Waals surface area contributed by atoms with Gasteiger partial charge in [-0.05, 0) is 100 Å². The van der Waals surface area contributed by atoms with Crippen LogP contribution in [0.1, 0.15) is 0 Å². The zero-order valence-corrected chi connectivity index (χ0v) is 27.7. The van der Waals surface area contributed by atoms with Crippen LogP contribution in [0.15, 0.2) is 186 Å². The highest BCUT2D eigenvalue weighted by Gasteiger charge is 2.19. The fraction of sp³-hybridized carbons (Fsp3) is 0. The molecule has 0 unspecified atom stereocenters. The third-order valence-corrected chi connectivity index (χ3v) is 10.8. The van der Waals surface area contributed by atoms with Gasteiger partial charge in [0, 0.05) is 16.2 Å². The maximum Gasteiger partial charge on any atom is 0.143 e. The first kappa shape index (κ1) is 28.2. The molecule has 11 aromatic rings. The molecule has 236 valence electrons. The van der Waals surface area contributed by atoms with Crippen molar-refractivity contribution < 1.29 is 4.42 Å². The summed E-state index contributed by atoms with van der Waals surface area (Å²) in [5.74, 6) is 0. The van der Waals surface area contributed by atoms with E-state index in [0.717, 1.165) is 33.1 Å². The molecule has 0 aliphatic carbocycles. The molecule has 0 aliphatic heterocycles. The second kappa shape index (κ2) is 10.9. The number of rotatable bonds is 3. The Kier molecular flexibility index (Phi) is 6.02. The fourth-order valence-electron chi connectivity index (χ4n) is 8.61. The number of benzene rings is 10. The number of fused-ring (bicyclic) bond motifs is 11. The van der Waals surface area contributed by atoms with E-state index in [1.807, 2.05) is 0 Å². The highest BCUT2D eigenvalue weighted by molar-refractivity contribution is 6.30. The van der Waals surface area contributed by atoms with E-state index in [1.165, 1.54) is 76.1 Å². The minimum Gasteiger partial charge on any atom is -0.455 e. The first-order chi connectivity index (χ1) is 25.3. The predicted octanol–water partition coefficient (Wildman–Crippen LogP) is 14.4. The maximum absolute atomic E-state index is 6.75. The zero-order chi connectivity index (χ0) is 33.5. The van der Waals surface area contributed by atoms with Gasteiger partial charge in [0.2, 0.25) is 0 Å². The summed E-state index contributed by atoms with van der Waals surface area (Å²) >= 11 is 0. The van der Waals surface area contributed by atoms with Crippen molar-refractivity contribution in [2.45, 2.75) is 0 Å². The van der Waals surface area contributed by atoms with Crippen LogP contribution in [0.3, 0.4) is 0 Å². The second-order valence-electron chi connectivity index (χ2n) is 13.6. The zero-order valence-electron chi connectivity index (χ0n) is 27.7. The van der Waals surface area contributed by atoms with Crippen LogP contribution in [0.25, 0.3) is 109 Å². The molecule has 11 rings (SSSR count). The molecule has 10 aromatic carbocycles. The Morgan fingerprint density at radius 2 is 0.804 bits per heavy atom. The Labute approximate surface area is 294 Å². The fourth-order valence-corrected chi connectivity index (χ4v) is 8.61. The Morgan fingerprint density at radius 1 is 0.294 bits per heavy atom. The van der Waals surface area contributed by atoms with Gasteiger partial charge in [-0.15, -0.1) is 0 Å². The van der Waals surface area contributed by atoms with Gasteiger partial charge in [-0.1, -0.05) is 164 Å². The quantitative estimate of drug-likeness (QED) is 0.138. The molecule has 51 heavy (non-hydrogen) atoms. The van der Waals surface area contributed by atoms with Gasteiger partial charge in [-0.25, -0.2) is 0 Å². The van der Waals surface area contributed by atoms with Gasteiger partial charge in [0.05, 0.1) is 0 Å². The normalized spacial score (nSPS) is 11.9. The first-order valence-corrected chi connectivity index (χ1v) is 17.6. The van der Waals surface area contributed by atoms with Crippen molar-refractivity contribution in [1.29, 1.82) is 0 Å². The summed E-state index contributed by atoms with van der Waals surface area (Å²) in [5, 5.41) is 14.7. The molecule has 0 atom stereocenters. The van der Waals surface area contributed by atoms with Crippen LogP contribution < -0.4 is 0 Å². The van der Waals surface area contributed by atoms with Crippen LogP contribution in [0.2, 0.25) is 0 Å². The third-order valence-electron chi connectivity index (χ3n) is 10.8. The summed E-state index contributed by atoms with van der Waals surface area (Å²) in [4.78, 5) is 0. The van der Waals surface area contributed by atoms with E-state index in [9.17, 15) is 0 Å². The summed E-state index contributed by atoms with van der Waals surface area (Å²) in [6.07, 6.45) is 0. The third kappa shape index (κ3) is 4.16. The predicted molar refractivity (Wildman–Crippen MR) is 218 cm³/mol. The summed E-state index contributed by atoms with van der Waals surface area (Å²) in [6, 6.07) is 66.2. The van der Waals surface area contributed by atoms with Crippen LogP contribution in [0, 0.1) is 0 Å². The number of hydrogen-bond donors (Lipinski definition) is 0. The summed E-state index contributed by atoms with van der Waals surface area (Å²) in [7, 11) is 0. The van der Waals surface area contributed by atoms with E-state index in [2.05, 4.69) is 182 Å². The highest BCUT2D eigenvalue weighted by Crippen LogP contribution is 2.46. The first-order valence-electron chi connectivity index (χ1n) is 17.6. The van der Waals surface area contributed by atoms with E-state index in [0.29, 0.717) is 0 Å². The molecule has 0 saturated carbocycles. The van der Waals surface area contributed by atoms with Crippen molar-refractivity contribution in [3.05, 3.63) is 182 Å². The number of hydrogen-bond acceptors (Lipinski definition) is 1. The average Bonchev–Trinajstić information content (AvgIpc) is 3.59. The SMILES string of the molecule is c1cc(-c2ccc3c(c2)oc2c4ccccc4c4ccccc4c32)cc(-c2c3ccccc3c(-c3cccc4ccccc34)c3ccccc23)c1. The minimum absolute atomic E-state index is 0.907. The van der Waals surface area contributed by atoms with Gasteiger partial charge in [0.15, 0.2) is 0 Å². The topological polar surface area (TPSA) is 13.1 Å². The average molecular weight is 647 g/mol. The lowest BCUT2D eigenvalue weighted by molar-refractivity contribution is 0.673. The van der Waals surface area contributed by atoms with Crippen molar-refractivity contribution in [3.63, 3.8) is 0 Å². The van der Waals surface area contributed by atoms with Crippen LogP contribution in [-0.4, -0.2) is 0 Å². The van der Waals surface area contributed by atoms with Gasteiger partial charge in [0.1, 0.15) is 11.2 Å². The van der Waals surface area contributed by atoms with Gasteiger partial charge < -0.3 is 4.42 Å². The molecule has 1 nitrogen and oxygen atoms in total. The molecule has 0 radical (unpaired) electrons. The summed E-state index contributed by atoms with van der Waals surface area (Å²) < 4.78 is 6.75. The lowest BCUT2D eigenvalue weighted by Crippen LogP contribution is -1.92. The van der Waals surface area contributed by atoms with Crippen LogP contribution >= 0.6 is 0 Å². The second-order valence-corrected chi connectivity index (χ2v) is 13.6. The molecule has 0 N–H and O–H groups in total. The van der Waals surface area contributed by atoms with Gasteiger partial charge in [0.25, 0.3) is 0 Å². The van der Waals surface area contributed by atoms with Crippen molar-refractivity contribution in [2.75, 3.05) is 0 Å². The lowest BCUT2D eigenvalue weighted by Gasteiger charge is -2.19. The largest absolute Gasteiger partial charge is 0.455 e. The van der Waals surface area contributed by atoms with Gasteiger partial charge >= 0.3 is 0 Å². The molecule has 0 bridgehead atoms. The molecule has 1 aromatic heterocycles. The summed E-state index contributed by atoms with van der Waals surface area (Å²) in [6.45, 7) is 0. The Hall–Kier alpha value is -6.70. The molecule has 0 amide bonds. The molecule has 0 fully saturated rings. The molecule has 1 heterocycles. The molecule has 0 aliphatic rings. The molecule has 0 saturated heterocycles. The van der Waals surface area contributed by atoms with E-state index in [1.54, 1.807) is 0 Å². The van der Waals surface area contributed by atoms with E-state index >= 15 is 0 Å². The van der Waals surface area contributed by atoms with Gasteiger partial charge in [-0.3, -0.25) is 0 Å². The van der Waals surface area contributed by atoms with Crippen LogP contribution in [0.5, 0.6) is 0 Å². The Bertz CT molecular complexity index is 3130. The summed E-state index contributed by atoms with van der Waals surface area (Å²) in [5.41, 5.74) is 9.17. The lowest BCUT2D eigenvalue weighted by atomic mass is 9.84. The smallest absolute Gasteiger partial charge is 0.143 e. The standard InChI is InChI=1S/C50H30O/c1-2-17-35-31(13-1)14-12-26-38(35)48-42-23-8-6-21-40(42)47(41-22-7-9-24-43(41)48)34-16-11-15-32(29-34)33-27-28-45-46(30-33)51-50-44-25-10-4-19-37(44)36-18-3-5-20-39(36)49(45)50/h1-30H. The van der Waals surface area contributed by atoms with Crippen molar-refractivity contribution in [1.82, 2.24) is 0 Å². The Morgan fingerprint density at radius 3 is 1.53 bits per heavy atom. The van der Waals surface area contributed by atoms with Crippen molar-refractivity contribution >= 4 is 75.8 Å². The molecular weight excluding hydrogens is 617 g/mol. The van der Waals surface area contributed by atoms with Gasteiger partial charge in [-0.2, -0.15) is 0 Å². The van der Waals surface area contributed by atoms with E-state index in [-0.39, 0.29) is 0 Å². The maximum atomic E-state index is 6.75. The van der Waals surface area contributed by atoms with Crippen molar-refractivity contribution in [2.24, 2.45) is 0 Å². The van der Waals surface area contributed by atoms with Crippen molar-refractivity contribution in [3.8, 4) is 33.4 Å². The van der Waals surface area contributed by atoms with Crippen LogP contribution in [-0.2, 0) is 0 Å². The van der Waals surface area contributed by atoms with Crippen LogP contribution in [0.4, 0.5) is 0 Å². The minimum atomic E-state index is 0.907. The highest BCUT2D eigenvalue weighted by atomic mass is 16.3. The number of furan rings is 1. The Balaban J connectivity index is 1.13. The monoisotopic (exact) mass is 646 g/mol. The van der Waals surface area contributed by atoms with E-state index in [4.69, 9.17) is 4.42 Å². The molecule has 1 heteroatoms. The van der Waals surface area contributed by atoms with E-state index < -0.39 is 0 Å². The molecule has 0 spiro atoms.